The van der Waals surface area contributed by atoms with Gasteiger partial charge in [-0.3, -0.25) is 4.55 Å². The molecule has 0 aliphatic heterocycles. The Bertz CT molecular complexity index is 732. The molecule has 0 spiro atoms. The second-order valence-corrected chi connectivity index (χ2v) is 8.74. The van der Waals surface area contributed by atoms with Crippen molar-refractivity contribution >= 4 is 70.9 Å². The first-order chi connectivity index (χ1) is 14.3. The fourth-order valence-electron chi connectivity index (χ4n) is 2.89. The van der Waals surface area contributed by atoms with Crippen molar-refractivity contribution in [2.24, 2.45) is 0 Å². The minimum absolute atomic E-state index is 0. The molecule has 0 radical (unpaired) electrons. The van der Waals surface area contributed by atoms with Crippen molar-refractivity contribution in [1.82, 2.24) is 0 Å². The minimum atomic E-state index is -4.60. The number of unbranched alkanes of at least 4 members (excludes halogenated alkanes) is 8. The summed E-state index contributed by atoms with van der Waals surface area (Å²) in [6.07, 6.45) is 9.85. The molecule has 1 rings (SSSR count). The van der Waals surface area contributed by atoms with E-state index in [2.05, 4.69) is 13.8 Å². The summed E-state index contributed by atoms with van der Waals surface area (Å²) in [5.74, 6) is -1.49. The van der Waals surface area contributed by atoms with E-state index in [-0.39, 0.29) is 73.2 Å². The number of carbonyl (C=O) groups is 2. The fourth-order valence-corrected chi connectivity index (χ4v) is 3.44. The molecule has 9 heteroatoms. The van der Waals surface area contributed by atoms with Crippen LogP contribution in [-0.2, 0) is 19.6 Å². The Hall–Kier alpha value is -0.359. The van der Waals surface area contributed by atoms with Gasteiger partial charge in [-0.05, 0) is 31.0 Å². The molecule has 31 heavy (non-hydrogen) atoms. The molecule has 170 valence electrons. The smallest absolute Gasteiger partial charge is 0.462 e. The van der Waals surface area contributed by atoms with Crippen molar-refractivity contribution in [2.75, 3.05) is 13.2 Å². The third-order valence-electron chi connectivity index (χ3n) is 4.64. The van der Waals surface area contributed by atoms with Crippen molar-refractivity contribution in [3.63, 3.8) is 0 Å². The third-order valence-corrected chi connectivity index (χ3v) is 5.47. The number of carbonyl (C=O) groups excluding carboxylic acids is 2. The molecule has 0 unspecified atom stereocenters. The Morgan fingerprint density at radius 3 is 1.48 bits per heavy atom. The summed E-state index contributed by atoms with van der Waals surface area (Å²) < 4.78 is 42.8. The van der Waals surface area contributed by atoms with Gasteiger partial charge in [-0.2, -0.15) is 8.42 Å². The van der Waals surface area contributed by atoms with Gasteiger partial charge >= 0.3 is 60.8 Å². The topological polar surface area (TPSA) is 107 Å². The Balaban J connectivity index is 0.00000900. The Labute approximate surface area is 226 Å². The number of hydrogen-bond donors (Lipinski definition) is 1. The maximum absolute atomic E-state index is 12.3. The van der Waals surface area contributed by atoms with Gasteiger partial charge in [0.15, 0.2) is 0 Å². The minimum Gasteiger partial charge on any atom is -0.462 e. The van der Waals surface area contributed by atoms with Gasteiger partial charge in [0.1, 0.15) is 0 Å². The molecule has 0 fully saturated rings. The van der Waals surface area contributed by atoms with E-state index < -0.39 is 27.0 Å². The molecule has 0 amide bonds. The fraction of sp³-hybridized carbons (Fsp3) is 0.636. The van der Waals surface area contributed by atoms with E-state index in [1.807, 2.05) is 0 Å². The van der Waals surface area contributed by atoms with Gasteiger partial charge in [0.05, 0.1) is 29.2 Å². The molecule has 0 bridgehead atoms. The van der Waals surface area contributed by atoms with Gasteiger partial charge in [-0.25, -0.2) is 9.59 Å². The summed E-state index contributed by atoms with van der Waals surface area (Å²) in [4.78, 5) is 24.0. The molecule has 1 aromatic rings. The van der Waals surface area contributed by atoms with E-state index in [4.69, 9.17) is 9.47 Å². The Kier molecular flexibility index (Phi) is 17.0. The van der Waals surface area contributed by atoms with Crippen LogP contribution in [0.25, 0.3) is 0 Å². The molecule has 0 aliphatic rings. The normalized spacial score (nSPS) is 10.9. The summed E-state index contributed by atoms with van der Waals surface area (Å²) in [7, 11) is -4.60. The molecular formula is C22H34BaO7S+2. The van der Waals surface area contributed by atoms with E-state index >= 15 is 0 Å². The van der Waals surface area contributed by atoms with Crippen LogP contribution in [0.4, 0.5) is 0 Å². The molecule has 0 atom stereocenters. The number of esters is 2. The van der Waals surface area contributed by atoms with Crippen LogP contribution < -0.4 is 0 Å². The number of hydrogen-bond acceptors (Lipinski definition) is 6. The summed E-state index contributed by atoms with van der Waals surface area (Å²) in [6, 6.07) is 3.22. The van der Waals surface area contributed by atoms with Gasteiger partial charge in [0.2, 0.25) is 0 Å². The second-order valence-electron chi connectivity index (χ2n) is 7.32. The van der Waals surface area contributed by atoms with Crippen molar-refractivity contribution in [2.45, 2.75) is 83.0 Å². The summed E-state index contributed by atoms with van der Waals surface area (Å²) >= 11 is 0. The summed E-state index contributed by atoms with van der Waals surface area (Å²) in [6.45, 7) is 4.63. The van der Waals surface area contributed by atoms with Crippen molar-refractivity contribution in [3.8, 4) is 0 Å². The van der Waals surface area contributed by atoms with E-state index in [0.717, 1.165) is 63.5 Å². The van der Waals surface area contributed by atoms with Crippen LogP contribution in [0.1, 0.15) is 98.8 Å². The van der Waals surface area contributed by atoms with Crippen molar-refractivity contribution < 1.29 is 32.0 Å². The molecule has 0 aliphatic carbocycles. The SMILES string of the molecule is CCCCCCCOC(=O)c1cc(C(=O)OCCCCCCC)cc(S(=O)(=O)O)c1.[Ba+2]. The summed E-state index contributed by atoms with van der Waals surface area (Å²) in [5.41, 5.74) is -0.234. The first-order valence-electron chi connectivity index (χ1n) is 10.8. The monoisotopic (exact) mass is 580 g/mol. The van der Waals surface area contributed by atoms with Crippen LogP contribution in [0.3, 0.4) is 0 Å². The standard InChI is InChI=1S/C22H34O7S.Ba/c1-3-5-7-9-11-13-28-21(23)18-15-19(17-20(16-18)30(25,26)27)22(24)29-14-12-10-8-6-4-2;/h15-17H,3-14H2,1-2H3,(H,25,26,27);/q;+2. The molecule has 0 heterocycles. The largest absolute Gasteiger partial charge is 2.00 e. The zero-order valence-electron chi connectivity index (χ0n) is 18.7. The number of rotatable bonds is 15. The zero-order valence-corrected chi connectivity index (χ0v) is 24.0. The predicted octanol–water partition coefficient (Wildman–Crippen LogP) is 4.81. The van der Waals surface area contributed by atoms with Crippen molar-refractivity contribution in [1.29, 1.82) is 0 Å². The van der Waals surface area contributed by atoms with E-state index in [9.17, 15) is 22.6 Å². The average Bonchev–Trinajstić information content (AvgIpc) is 2.71. The van der Waals surface area contributed by atoms with Gasteiger partial charge in [-0.15, -0.1) is 0 Å². The van der Waals surface area contributed by atoms with E-state index in [1.54, 1.807) is 0 Å². The molecule has 7 nitrogen and oxygen atoms in total. The first-order valence-corrected chi connectivity index (χ1v) is 12.2. The predicted molar refractivity (Wildman–Crippen MR) is 120 cm³/mol. The Morgan fingerprint density at radius 2 is 1.13 bits per heavy atom. The number of ether oxygens (including phenoxy) is 2. The van der Waals surface area contributed by atoms with Gasteiger partial charge in [-0.1, -0.05) is 65.2 Å². The van der Waals surface area contributed by atoms with E-state index in [0.29, 0.717) is 12.8 Å². The van der Waals surface area contributed by atoms with Crippen molar-refractivity contribution in [3.05, 3.63) is 29.3 Å². The Morgan fingerprint density at radius 1 is 0.742 bits per heavy atom. The third kappa shape index (κ3) is 13.1. The molecule has 1 N–H and O–H groups in total. The summed E-state index contributed by atoms with van der Waals surface area (Å²) in [5, 5.41) is 0. The van der Waals surface area contributed by atoms with Crippen LogP contribution in [0, 0.1) is 0 Å². The van der Waals surface area contributed by atoms with Gasteiger partial charge in [0, 0.05) is 0 Å². The number of benzene rings is 1. The maximum atomic E-state index is 12.3. The zero-order chi connectivity index (χ0) is 22.4. The van der Waals surface area contributed by atoms with Crippen LogP contribution in [0.5, 0.6) is 0 Å². The molecular weight excluding hydrogens is 546 g/mol. The van der Waals surface area contributed by atoms with Gasteiger partial charge < -0.3 is 9.47 Å². The van der Waals surface area contributed by atoms with Crippen LogP contribution >= 0.6 is 0 Å². The molecule has 0 saturated heterocycles. The second kappa shape index (κ2) is 17.2. The van der Waals surface area contributed by atoms with Gasteiger partial charge in [0.25, 0.3) is 10.1 Å². The van der Waals surface area contributed by atoms with E-state index in [1.165, 1.54) is 6.07 Å². The van der Waals surface area contributed by atoms with Crippen LogP contribution in [0.2, 0.25) is 0 Å². The van der Waals surface area contributed by atoms with Crippen LogP contribution in [0.15, 0.2) is 23.1 Å². The molecule has 1 aromatic carbocycles. The first kappa shape index (κ1) is 30.6. The molecule has 0 saturated carbocycles. The average molecular weight is 580 g/mol. The molecule has 0 aromatic heterocycles. The quantitative estimate of drug-likeness (QED) is 0.138. The maximum Gasteiger partial charge on any atom is 2.00 e. The van der Waals surface area contributed by atoms with Crippen LogP contribution in [-0.4, -0.2) is 87.0 Å².